The minimum absolute atomic E-state index is 0. The van der Waals surface area contributed by atoms with E-state index in [0.29, 0.717) is 6.54 Å². The Bertz CT molecular complexity index is 425. The van der Waals surface area contributed by atoms with E-state index in [1.165, 1.54) is 0 Å². The molecule has 1 aromatic carbocycles. The van der Waals surface area contributed by atoms with Crippen LogP contribution in [0.1, 0.15) is 18.4 Å². The summed E-state index contributed by atoms with van der Waals surface area (Å²) in [5.41, 5.74) is 7.91. The molecule has 0 radical (unpaired) electrons. The number of nitrogens with zero attached hydrogens (tertiary/aromatic N) is 1. The third-order valence-electron chi connectivity index (χ3n) is 3.21. The lowest BCUT2D eigenvalue weighted by molar-refractivity contribution is -0.117. The first-order valence-corrected chi connectivity index (χ1v) is 6.48. The normalized spacial score (nSPS) is 19.6. The molecule has 1 amide bonds. The zero-order valence-electron chi connectivity index (χ0n) is 11.3. The first kappa shape index (κ1) is 16.0. The van der Waals surface area contributed by atoms with E-state index in [1.54, 1.807) is 0 Å². The van der Waals surface area contributed by atoms with Crippen LogP contribution in [0.3, 0.4) is 0 Å². The van der Waals surface area contributed by atoms with Gasteiger partial charge in [-0.1, -0.05) is 12.1 Å². The van der Waals surface area contributed by atoms with E-state index in [-0.39, 0.29) is 24.4 Å². The number of carbonyl (C=O) groups excluding carboxylic acids is 1. The molecular weight excluding hydrogens is 262 g/mol. The highest BCUT2D eigenvalue weighted by Crippen LogP contribution is 2.11. The number of nitrogens with one attached hydrogen (secondary N) is 1. The predicted octanol–water partition coefficient (Wildman–Crippen LogP) is 1.78. The predicted molar refractivity (Wildman–Crippen MR) is 80.7 cm³/mol. The first-order chi connectivity index (χ1) is 8.63. The molecule has 1 aromatic rings. The minimum atomic E-state index is 0. The average molecular weight is 284 g/mol. The molecule has 0 saturated carbocycles. The monoisotopic (exact) mass is 283 g/mol. The van der Waals surface area contributed by atoms with Crippen LogP contribution in [0.4, 0.5) is 5.69 Å². The number of halogens is 1. The van der Waals surface area contributed by atoms with Crippen LogP contribution in [-0.2, 0) is 4.79 Å². The maximum Gasteiger partial charge on any atom is 0.238 e. The summed E-state index contributed by atoms with van der Waals surface area (Å²) >= 11 is 0. The Kier molecular flexibility index (Phi) is 6.28. The van der Waals surface area contributed by atoms with Gasteiger partial charge in [0.2, 0.25) is 5.91 Å². The molecule has 3 N–H and O–H groups in total. The molecule has 1 heterocycles. The van der Waals surface area contributed by atoms with Gasteiger partial charge in [0, 0.05) is 18.3 Å². The Morgan fingerprint density at radius 1 is 1.53 bits per heavy atom. The van der Waals surface area contributed by atoms with Crippen molar-refractivity contribution in [1.29, 1.82) is 0 Å². The summed E-state index contributed by atoms with van der Waals surface area (Å²) in [6, 6.07) is 8.05. The molecule has 1 atom stereocenters. The van der Waals surface area contributed by atoms with E-state index in [1.807, 2.05) is 31.2 Å². The quantitative estimate of drug-likeness (QED) is 0.889. The molecule has 2 rings (SSSR count). The van der Waals surface area contributed by atoms with Crippen molar-refractivity contribution in [2.75, 3.05) is 25.0 Å². The van der Waals surface area contributed by atoms with Gasteiger partial charge < -0.3 is 11.1 Å². The number of benzene rings is 1. The number of hydrogen-bond donors (Lipinski definition) is 2. The zero-order valence-corrected chi connectivity index (χ0v) is 12.1. The van der Waals surface area contributed by atoms with Crippen molar-refractivity contribution in [2.24, 2.45) is 5.73 Å². The third kappa shape index (κ3) is 5.19. The van der Waals surface area contributed by atoms with Crippen molar-refractivity contribution in [3.8, 4) is 0 Å². The van der Waals surface area contributed by atoms with Crippen LogP contribution >= 0.6 is 12.4 Å². The van der Waals surface area contributed by atoms with Crippen LogP contribution in [0.2, 0.25) is 0 Å². The number of likely N-dealkylation sites (tertiary alicyclic amines) is 1. The molecule has 0 bridgehead atoms. The van der Waals surface area contributed by atoms with E-state index in [0.717, 1.165) is 37.2 Å². The molecule has 1 aliphatic rings. The van der Waals surface area contributed by atoms with E-state index in [4.69, 9.17) is 5.73 Å². The van der Waals surface area contributed by atoms with Gasteiger partial charge in [-0.15, -0.1) is 12.4 Å². The first-order valence-electron chi connectivity index (χ1n) is 6.48. The Morgan fingerprint density at radius 2 is 2.32 bits per heavy atom. The summed E-state index contributed by atoms with van der Waals surface area (Å²) in [5, 5.41) is 2.92. The smallest absolute Gasteiger partial charge is 0.238 e. The Balaban J connectivity index is 0.00000180. The molecule has 0 unspecified atom stereocenters. The van der Waals surface area contributed by atoms with Crippen molar-refractivity contribution in [1.82, 2.24) is 4.90 Å². The average Bonchev–Trinajstić information content (AvgIpc) is 2.28. The standard InChI is InChI=1S/C14H21N3O.ClH/c1-11-4-2-6-13(8-11)16-14(18)10-17-7-3-5-12(15)9-17;/h2,4,6,8,12H,3,5,7,9-10,15H2,1H3,(H,16,18);1H/t12-;/m1./s1. The molecule has 1 fully saturated rings. The molecule has 4 nitrogen and oxygen atoms in total. The van der Waals surface area contributed by atoms with Gasteiger partial charge in [-0.2, -0.15) is 0 Å². The fourth-order valence-corrected chi connectivity index (χ4v) is 2.36. The van der Waals surface area contributed by atoms with Gasteiger partial charge >= 0.3 is 0 Å². The Labute approximate surface area is 120 Å². The van der Waals surface area contributed by atoms with Gasteiger partial charge in [-0.25, -0.2) is 0 Å². The number of carbonyl (C=O) groups is 1. The van der Waals surface area contributed by atoms with Gasteiger partial charge in [0.1, 0.15) is 0 Å². The fourth-order valence-electron chi connectivity index (χ4n) is 2.36. The number of amides is 1. The number of rotatable bonds is 3. The van der Waals surface area contributed by atoms with Crippen molar-refractivity contribution in [3.05, 3.63) is 29.8 Å². The van der Waals surface area contributed by atoms with Gasteiger partial charge in [0.25, 0.3) is 0 Å². The maximum absolute atomic E-state index is 11.9. The molecule has 1 saturated heterocycles. The van der Waals surface area contributed by atoms with Crippen LogP contribution < -0.4 is 11.1 Å². The lowest BCUT2D eigenvalue weighted by atomic mass is 10.1. The summed E-state index contributed by atoms with van der Waals surface area (Å²) in [4.78, 5) is 14.0. The second-order valence-corrected chi connectivity index (χ2v) is 5.06. The van der Waals surface area contributed by atoms with Crippen LogP contribution in [0, 0.1) is 6.92 Å². The number of piperidine rings is 1. The zero-order chi connectivity index (χ0) is 13.0. The van der Waals surface area contributed by atoms with E-state index in [9.17, 15) is 4.79 Å². The Morgan fingerprint density at radius 3 is 3.00 bits per heavy atom. The fraction of sp³-hybridized carbons (Fsp3) is 0.500. The summed E-state index contributed by atoms with van der Waals surface area (Å²) in [5.74, 6) is 0.0368. The van der Waals surface area contributed by atoms with Crippen LogP contribution in [-0.4, -0.2) is 36.5 Å². The lowest BCUT2D eigenvalue weighted by Gasteiger charge is -2.29. The van der Waals surface area contributed by atoms with Gasteiger partial charge in [0.05, 0.1) is 6.54 Å². The topological polar surface area (TPSA) is 58.4 Å². The molecule has 0 aromatic heterocycles. The third-order valence-corrected chi connectivity index (χ3v) is 3.21. The van der Waals surface area contributed by atoms with E-state index in [2.05, 4.69) is 10.2 Å². The highest BCUT2D eigenvalue weighted by molar-refractivity contribution is 5.92. The molecule has 0 aliphatic carbocycles. The van der Waals surface area contributed by atoms with E-state index >= 15 is 0 Å². The van der Waals surface area contributed by atoms with Crippen LogP contribution in [0.15, 0.2) is 24.3 Å². The molecule has 19 heavy (non-hydrogen) atoms. The van der Waals surface area contributed by atoms with Crippen molar-refractivity contribution >= 4 is 24.0 Å². The van der Waals surface area contributed by atoms with Gasteiger partial charge in [-0.05, 0) is 44.0 Å². The number of anilines is 1. The number of hydrogen-bond acceptors (Lipinski definition) is 3. The molecule has 1 aliphatic heterocycles. The number of aryl methyl sites for hydroxylation is 1. The van der Waals surface area contributed by atoms with Crippen LogP contribution in [0.25, 0.3) is 0 Å². The van der Waals surface area contributed by atoms with E-state index < -0.39 is 0 Å². The highest BCUT2D eigenvalue weighted by Gasteiger charge is 2.18. The van der Waals surface area contributed by atoms with Crippen LogP contribution in [0.5, 0.6) is 0 Å². The lowest BCUT2D eigenvalue weighted by Crippen LogP contribution is -2.45. The van der Waals surface area contributed by atoms with Crippen molar-refractivity contribution in [2.45, 2.75) is 25.8 Å². The summed E-state index contributed by atoms with van der Waals surface area (Å²) in [7, 11) is 0. The SMILES string of the molecule is Cc1cccc(NC(=O)CN2CCC[C@@H](N)C2)c1.Cl. The molecular formula is C14H22ClN3O. The summed E-state index contributed by atoms with van der Waals surface area (Å²) in [6.07, 6.45) is 2.15. The Hall–Kier alpha value is -1.10. The van der Waals surface area contributed by atoms with Crippen molar-refractivity contribution < 1.29 is 4.79 Å². The maximum atomic E-state index is 11.9. The molecule has 5 heteroatoms. The number of nitrogens with two attached hydrogens (primary N) is 1. The molecule has 106 valence electrons. The molecule has 0 spiro atoms. The highest BCUT2D eigenvalue weighted by atomic mass is 35.5. The second kappa shape index (κ2) is 7.48. The largest absolute Gasteiger partial charge is 0.327 e. The second-order valence-electron chi connectivity index (χ2n) is 5.06. The summed E-state index contributed by atoms with van der Waals surface area (Å²) < 4.78 is 0. The summed E-state index contributed by atoms with van der Waals surface area (Å²) in [6.45, 7) is 4.23. The minimum Gasteiger partial charge on any atom is -0.327 e. The van der Waals surface area contributed by atoms with Gasteiger partial charge in [-0.3, -0.25) is 9.69 Å². The van der Waals surface area contributed by atoms with Crippen molar-refractivity contribution in [3.63, 3.8) is 0 Å². The van der Waals surface area contributed by atoms with Gasteiger partial charge in [0.15, 0.2) is 0 Å².